The molecule has 0 aliphatic rings. The van der Waals surface area contributed by atoms with Crippen LogP contribution in [0, 0.1) is 5.82 Å². The molecule has 4 aromatic rings. The van der Waals surface area contributed by atoms with Crippen LogP contribution in [0.25, 0.3) is 22.3 Å². The Morgan fingerprint density at radius 2 is 1.76 bits per heavy atom. The van der Waals surface area contributed by atoms with Crippen LogP contribution in [0.15, 0.2) is 65.1 Å². The van der Waals surface area contributed by atoms with Crippen molar-refractivity contribution in [1.29, 1.82) is 0 Å². The van der Waals surface area contributed by atoms with Gasteiger partial charge < -0.3 is 24.5 Å². The van der Waals surface area contributed by atoms with Crippen LogP contribution in [0.5, 0.6) is 5.75 Å². The van der Waals surface area contributed by atoms with Crippen LogP contribution in [0.4, 0.5) is 10.1 Å². The van der Waals surface area contributed by atoms with Crippen molar-refractivity contribution in [3.63, 3.8) is 0 Å². The monoisotopic (exact) mass is 540 g/mol. The maximum absolute atomic E-state index is 13.5. The van der Waals surface area contributed by atoms with Gasteiger partial charge in [0.2, 0.25) is 0 Å². The number of furan rings is 1. The Hall–Kier alpha value is -4.38. The summed E-state index contributed by atoms with van der Waals surface area (Å²) in [5, 5.41) is 5.81. The molecule has 198 valence electrons. The van der Waals surface area contributed by atoms with Gasteiger partial charge in [0, 0.05) is 35.9 Å². The van der Waals surface area contributed by atoms with Crippen molar-refractivity contribution in [2.75, 3.05) is 31.6 Å². The minimum atomic E-state index is -3.41. The second kappa shape index (κ2) is 10.9. The number of nitrogens with one attached hydrogen (secondary N) is 2. The van der Waals surface area contributed by atoms with Gasteiger partial charge in [0.25, 0.3) is 5.91 Å². The van der Waals surface area contributed by atoms with Crippen LogP contribution in [0.2, 0.25) is 0 Å². The normalized spacial score (nSPS) is 11.3. The van der Waals surface area contributed by atoms with E-state index >= 15 is 0 Å². The molecule has 0 saturated heterocycles. The first-order chi connectivity index (χ1) is 18.1. The SMILES string of the molecule is CNC(=O)c1c(-c2ccc(F)cc2)oc2cc(NCS(C)(=O)=O)c(OCc3ccccc3C(=O)OC)cc12. The topological polar surface area (TPSA) is 124 Å². The number of hydrogen-bond donors (Lipinski definition) is 2. The summed E-state index contributed by atoms with van der Waals surface area (Å²) < 4.78 is 54.1. The molecule has 0 spiro atoms. The van der Waals surface area contributed by atoms with E-state index in [9.17, 15) is 22.4 Å². The molecule has 0 aliphatic heterocycles. The molecule has 0 atom stereocenters. The van der Waals surface area contributed by atoms with Crippen LogP contribution in [-0.4, -0.2) is 46.6 Å². The van der Waals surface area contributed by atoms with Gasteiger partial charge in [0.05, 0.1) is 23.9 Å². The smallest absolute Gasteiger partial charge is 0.338 e. The van der Waals surface area contributed by atoms with Crippen molar-refractivity contribution in [2.45, 2.75) is 6.61 Å². The lowest BCUT2D eigenvalue weighted by Crippen LogP contribution is -2.18. The fourth-order valence-corrected chi connectivity index (χ4v) is 4.27. The Labute approximate surface area is 218 Å². The summed E-state index contributed by atoms with van der Waals surface area (Å²) >= 11 is 0. The number of rotatable bonds is 9. The molecule has 0 unspecified atom stereocenters. The maximum atomic E-state index is 13.5. The Balaban J connectivity index is 1.84. The predicted octanol–water partition coefficient (Wildman–Crippen LogP) is 4.38. The molecule has 1 heterocycles. The second-order valence-corrected chi connectivity index (χ2v) is 10.6. The zero-order valence-electron chi connectivity index (χ0n) is 20.8. The number of amides is 1. The highest BCUT2D eigenvalue weighted by Gasteiger charge is 2.24. The van der Waals surface area contributed by atoms with E-state index in [1.807, 2.05) is 0 Å². The van der Waals surface area contributed by atoms with Crippen molar-refractivity contribution < 1.29 is 36.3 Å². The number of benzene rings is 3. The summed E-state index contributed by atoms with van der Waals surface area (Å²) in [6, 6.07) is 15.3. The number of halogens is 1. The largest absolute Gasteiger partial charge is 0.487 e. The van der Waals surface area contributed by atoms with Crippen molar-refractivity contribution in [3.05, 3.63) is 83.2 Å². The van der Waals surface area contributed by atoms with E-state index in [0.717, 1.165) is 6.26 Å². The predicted molar refractivity (Wildman–Crippen MR) is 140 cm³/mol. The average Bonchev–Trinajstić information content (AvgIpc) is 3.27. The minimum Gasteiger partial charge on any atom is -0.487 e. The molecule has 1 aromatic heterocycles. The zero-order chi connectivity index (χ0) is 27.4. The third-order valence-corrected chi connectivity index (χ3v) is 6.35. The van der Waals surface area contributed by atoms with Crippen LogP contribution in [-0.2, 0) is 21.2 Å². The number of anilines is 1. The number of hydrogen-bond acceptors (Lipinski definition) is 8. The first-order valence-electron chi connectivity index (χ1n) is 11.4. The van der Waals surface area contributed by atoms with Crippen molar-refractivity contribution in [2.24, 2.45) is 0 Å². The molecule has 1 amide bonds. The highest BCUT2D eigenvalue weighted by Crippen LogP contribution is 2.39. The van der Waals surface area contributed by atoms with Gasteiger partial charge in [0.15, 0.2) is 9.84 Å². The Morgan fingerprint density at radius 1 is 1.05 bits per heavy atom. The zero-order valence-corrected chi connectivity index (χ0v) is 21.6. The summed E-state index contributed by atoms with van der Waals surface area (Å²) in [6.07, 6.45) is 1.08. The van der Waals surface area contributed by atoms with Crippen LogP contribution in [0.3, 0.4) is 0 Å². The van der Waals surface area contributed by atoms with E-state index in [-0.39, 0.29) is 35.1 Å². The molecule has 9 nitrogen and oxygen atoms in total. The summed E-state index contributed by atoms with van der Waals surface area (Å²) in [4.78, 5) is 25.1. The molecule has 4 rings (SSSR count). The van der Waals surface area contributed by atoms with Gasteiger partial charge in [-0.05, 0) is 36.4 Å². The molecular formula is C27H25FN2O7S. The van der Waals surface area contributed by atoms with Crippen molar-refractivity contribution >= 4 is 38.4 Å². The number of ether oxygens (including phenoxy) is 2. The van der Waals surface area contributed by atoms with Crippen LogP contribution >= 0.6 is 0 Å². The van der Waals surface area contributed by atoms with Crippen LogP contribution in [0.1, 0.15) is 26.3 Å². The summed E-state index contributed by atoms with van der Waals surface area (Å²) in [7, 11) is -0.658. The van der Waals surface area contributed by atoms with Gasteiger partial charge in [-0.15, -0.1) is 0 Å². The second-order valence-electron chi connectivity index (χ2n) is 8.42. The first-order valence-corrected chi connectivity index (χ1v) is 13.5. The molecule has 0 saturated carbocycles. The van der Waals surface area contributed by atoms with Gasteiger partial charge in [-0.1, -0.05) is 18.2 Å². The standard InChI is InChI=1S/C27H25FN2O7S/c1-29-26(31)24-20-12-23(36-14-17-6-4-5-7-19(17)27(32)35-2)21(30-15-38(3,33)34)13-22(20)37-25(24)16-8-10-18(28)11-9-16/h4-13,30H,14-15H2,1-3H3,(H,29,31). The molecule has 2 N–H and O–H groups in total. The molecule has 38 heavy (non-hydrogen) atoms. The first kappa shape index (κ1) is 26.7. The fraction of sp³-hybridized carbons (Fsp3) is 0.185. The van der Waals surface area contributed by atoms with E-state index in [2.05, 4.69) is 10.6 Å². The Bertz CT molecular complexity index is 1610. The number of carbonyl (C=O) groups excluding carboxylic acids is 2. The lowest BCUT2D eigenvalue weighted by atomic mass is 10.0. The van der Waals surface area contributed by atoms with E-state index in [1.165, 1.54) is 44.5 Å². The molecule has 0 bridgehead atoms. The highest BCUT2D eigenvalue weighted by molar-refractivity contribution is 7.90. The Kier molecular flexibility index (Phi) is 7.67. The van der Waals surface area contributed by atoms with E-state index in [4.69, 9.17) is 13.9 Å². The van der Waals surface area contributed by atoms with Gasteiger partial charge >= 0.3 is 5.97 Å². The molecular weight excluding hydrogens is 515 g/mol. The fourth-order valence-electron chi connectivity index (χ4n) is 3.86. The molecule has 0 aliphatic carbocycles. The van der Waals surface area contributed by atoms with Gasteiger partial charge in [-0.2, -0.15) is 0 Å². The summed E-state index contributed by atoms with van der Waals surface area (Å²) in [5.41, 5.74) is 2.10. The summed E-state index contributed by atoms with van der Waals surface area (Å²) in [5.74, 6) is -1.38. The molecule has 11 heteroatoms. The number of sulfone groups is 1. The molecule has 3 aromatic carbocycles. The number of methoxy groups -OCH3 is 1. The average molecular weight is 541 g/mol. The van der Waals surface area contributed by atoms with Crippen LogP contribution < -0.4 is 15.4 Å². The summed E-state index contributed by atoms with van der Waals surface area (Å²) in [6.45, 7) is -0.0533. The van der Waals surface area contributed by atoms with Gasteiger partial charge in [0.1, 0.15) is 35.4 Å². The third-order valence-electron chi connectivity index (χ3n) is 5.68. The lowest BCUT2D eigenvalue weighted by Gasteiger charge is -2.15. The number of fused-ring (bicyclic) bond motifs is 1. The minimum absolute atomic E-state index is 0.0533. The molecule has 0 radical (unpaired) electrons. The van der Waals surface area contributed by atoms with E-state index in [0.29, 0.717) is 27.8 Å². The van der Waals surface area contributed by atoms with E-state index < -0.39 is 27.5 Å². The highest BCUT2D eigenvalue weighted by atomic mass is 32.2. The number of carbonyl (C=O) groups is 2. The van der Waals surface area contributed by atoms with Gasteiger partial charge in [-0.25, -0.2) is 17.6 Å². The number of esters is 1. The maximum Gasteiger partial charge on any atom is 0.338 e. The Morgan fingerprint density at radius 3 is 2.42 bits per heavy atom. The lowest BCUT2D eigenvalue weighted by molar-refractivity contribution is 0.0597. The third kappa shape index (κ3) is 5.78. The van der Waals surface area contributed by atoms with Crippen molar-refractivity contribution in [3.8, 4) is 17.1 Å². The van der Waals surface area contributed by atoms with Crippen molar-refractivity contribution in [1.82, 2.24) is 5.32 Å². The quantitative estimate of drug-likeness (QED) is 0.300. The van der Waals surface area contributed by atoms with E-state index in [1.54, 1.807) is 30.3 Å². The molecule has 0 fully saturated rings. The van der Waals surface area contributed by atoms with Gasteiger partial charge in [-0.3, -0.25) is 4.79 Å².